The van der Waals surface area contributed by atoms with Crippen molar-refractivity contribution in [3.63, 3.8) is 0 Å². The first kappa shape index (κ1) is 19.5. The molecule has 7 heteroatoms. The lowest BCUT2D eigenvalue weighted by Gasteiger charge is -2.24. The lowest BCUT2D eigenvalue weighted by Crippen LogP contribution is -2.37. The Morgan fingerprint density at radius 3 is 2.85 bits per heavy atom. The minimum atomic E-state index is -0.472. The number of methoxy groups -OCH3 is 1. The second kappa shape index (κ2) is 9.64. The average molecular weight is 388 g/mol. The molecule has 0 bridgehead atoms. The third kappa shape index (κ3) is 5.63. The Bertz CT molecular complexity index is 757. The van der Waals surface area contributed by atoms with Gasteiger partial charge in [-0.3, -0.25) is 9.69 Å². The van der Waals surface area contributed by atoms with E-state index in [0.717, 1.165) is 19.4 Å². The fraction of sp³-hybridized carbons (Fsp3) is 0.400. The van der Waals surface area contributed by atoms with Crippen molar-refractivity contribution in [3.8, 4) is 0 Å². The number of anilines is 1. The Hall–Kier alpha value is -2.22. The fourth-order valence-electron chi connectivity index (χ4n) is 3.16. The molecule has 0 unspecified atom stereocenters. The molecule has 1 aromatic carbocycles. The van der Waals surface area contributed by atoms with Gasteiger partial charge >= 0.3 is 5.97 Å². The topological polar surface area (TPSA) is 67.9 Å². The third-order valence-corrected chi connectivity index (χ3v) is 5.28. The van der Waals surface area contributed by atoms with E-state index in [-0.39, 0.29) is 18.6 Å². The van der Waals surface area contributed by atoms with Crippen molar-refractivity contribution in [1.29, 1.82) is 0 Å². The number of carbonyl (C=O) groups is 2. The lowest BCUT2D eigenvalue weighted by atomic mass is 10.1. The van der Waals surface area contributed by atoms with Gasteiger partial charge in [0.1, 0.15) is 0 Å². The van der Waals surface area contributed by atoms with Crippen LogP contribution in [0.15, 0.2) is 41.8 Å². The summed E-state index contributed by atoms with van der Waals surface area (Å²) in [5.74, 6) is -0.637. The molecule has 1 aromatic heterocycles. The SMILES string of the molecule is COC(=O)c1ccccc1NC(=O)CN(Cc1cccs1)C[C@@H]1CCCO1. The maximum Gasteiger partial charge on any atom is 0.339 e. The molecule has 144 valence electrons. The monoisotopic (exact) mass is 388 g/mol. The molecule has 0 saturated carbocycles. The first-order valence-electron chi connectivity index (χ1n) is 8.99. The maximum atomic E-state index is 12.6. The highest BCUT2D eigenvalue weighted by Gasteiger charge is 2.22. The molecule has 0 aliphatic carbocycles. The first-order chi connectivity index (χ1) is 13.2. The van der Waals surface area contributed by atoms with Crippen molar-refractivity contribution in [2.75, 3.05) is 32.1 Å². The standard InChI is InChI=1S/C20H24N2O4S/c1-25-20(24)17-8-2-3-9-18(17)21-19(23)14-22(12-15-6-4-10-26-15)13-16-7-5-11-27-16/h2-3,5,7-9,11,15H,4,6,10,12-14H2,1H3,(H,21,23)/t15-/m0/s1. The van der Waals surface area contributed by atoms with Gasteiger partial charge in [-0.05, 0) is 36.4 Å². The molecule has 6 nitrogen and oxygen atoms in total. The number of para-hydroxylation sites is 1. The first-order valence-corrected chi connectivity index (χ1v) is 9.87. The minimum Gasteiger partial charge on any atom is -0.465 e. The van der Waals surface area contributed by atoms with Crippen molar-refractivity contribution in [1.82, 2.24) is 4.90 Å². The van der Waals surface area contributed by atoms with Crippen LogP contribution in [0.3, 0.4) is 0 Å². The van der Waals surface area contributed by atoms with Gasteiger partial charge in [-0.25, -0.2) is 4.79 Å². The Morgan fingerprint density at radius 2 is 2.15 bits per heavy atom. The summed E-state index contributed by atoms with van der Waals surface area (Å²) in [6, 6.07) is 10.9. The van der Waals surface area contributed by atoms with Crippen LogP contribution in [-0.4, -0.2) is 49.7 Å². The molecule has 1 aliphatic heterocycles. The van der Waals surface area contributed by atoms with Gasteiger partial charge in [0, 0.05) is 24.6 Å². The van der Waals surface area contributed by atoms with E-state index in [0.29, 0.717) is 24.3 Å². The summed E-state index contributed by atoms with van der Waals surface area (Å²) in [5, 5.41) is 4.88. The van der Waals surface area contributed by atoms with Gasteiger partial charge in [0.05, 0.1) is 31.0 Å². The van der Waals surface area contributed by atoms with E-state index in [1.807, 2.05) is 11.4 Å². The highest BCUT2D eigenvalue weighted by Crippen LogP contribution is 2.19. The largest absolute Gasteiger partial charge is 0.465 e. The second-order valence-corrected chi connectivity index (χ2v) is 7.50. The van der Waals surface area contributed by atoms with Crippen molar-refractivity contribution in [2.45, 2.75) is 25.5 Å². The molecule has 1 fully saturated rings. The van der Waals surface area contributed by atoms with Crippen LogP contribution in [0.25, 0.3) is 0 Å². The van der Waals surface area contributed by atoms with Crippen LogP contribution >= 0.6 is 11.3 Å². The number of rotatable bonds is 8. The van der Waals surface area contributed by atoms with Gasteiger partial charge in [-0.2, -0.15) is 0 Å². The van der Waals surface area contributed by atoms with E-state index < -0.39 is 5.97 Å². The van der Waals surface area contributed by atoms with Gasteiger partial charge in [0.15, 0.2) is 0 Å². The van der Waals surface area contributed by atoms with Crippen LogP contribution in [0.5, 0.6) is 0 Å². The molecular weight excluding hydrogens is 364 g/mol. The number of esters is 1. The normalized spacial score (nSPS) is 16.4. The summed E-state index contributed by atoms with van der Waals surface area (Å²) >= 11 is 1.67. The van der Waals surface area contributed by atoms with E-state index in [2.05, 4.69) is 16.3 Å². The summed E-state index contributed by atoms with van der Waals surface area (Å²) in [4.78, 5) is 27.8. The molecule has 1 atom stereocenters. The molecule has 27 heavy (non-hydrogen) atoms. The third-order valence-electron chi connectivity index (χ3n) is 4.42. The molecule has 0 radical (unpaired) electrons. The quantitative estimate of drug-likeness (QED) is 0.704. The lowest BCUT2D eigenvalue weighted by molar-refractivity contribution is -0.117. The zero-order valence-electron chi connectivity index (χ0n) is 15.3. The predicted octanol–water partition coefficient (Wildman–Crippen LogP) is 3.15. The molecular formula is C20H24N2O4S. The van der Waals surface area contributed by atoms with Crippen LogP contribution < -0.4 is 5.32 Å². The van der Waals surface area contributed by atoms with E-state index in [1.54, 1.807) is 35.6 Å². The second-order valence-electron chi connectivity index (χ2n) is 6.47. The Kier molecular flexibility index (Phi) is 6.98. The van der Waals surface area contributed by atoms with Gasteiger partial charge in [0.2, 0.25) is 5.91 Å². The van der Waals surface area contributed by atoms with E-state index in [9.17, 15) is 9.59 Å². The minimum absolute atomic E-state index is 0.166. The number of hydrogen-bond donors (Lipinski definition) is 1. The predicted molar refractivity (Wildman–Crippen MR) is 105 cm³/mol. The number of carbonyl (C=O) groups excluding carboxylic acids is 2. The smallest absolute Gasteiger partial charge is 0.339 e. The number of hydrogen-bond acceptors (Lipinski definition) is 6. The number of amides is 1. The Balaban J connectivity index is 1.65. The Morgan fingerprint density at radius 1 is 1.30 bits per heavy atom. The van der Waals surface area contributed by atoms with Gasteiger partial charge in [0.25, 0.3) is 0 Å². The van der Waals surface area contributed by atoms with Crippen LogP contribution in [0, 0.1) is 0 Å². The number of nitrogens with zero attached hydrogens (tertiary/aromatic N) is 1. The van der Waals surface area contributed by atoms with Gasteiger partial charge in [-0.1, -0.05) is 18.2 Å². The molecule has 3 rings (SSSR count). The molecule has 2 heterocycles. The highest BCUT2D eigenvalue weighted by atomic mass is 32.1. The van der Waals surface area contributed by atoms with Crippen molar-refractivity contribution in [3.05, 3.63) is 52.2 Å². The van der Waals surface area contributed by atoms with Crippen LogP contribution in [0.1, 0.15) is 28.1 Å². The van der Waals surface area contributed by atoms with Gasteiger partial charge < -0.3 is 14.8 Å². The van der Waals surface area contributed by atoms with Crippen LogP contribution in [0.2, 0.25) is 0 Å². The summed E-state index contributed by atoms with van der Waals surface area (Å²) in [6.07, 6.45) is 2.25. The van der Waals surface area contributed by atoms with Crippen molar-refractivity contribution < 1.29 is 19.1 Å². The maximum absolute atomic E-state index is 12.6. The summed E-state index contributed by atoms with van der Waals surface area (Å²) in [7, 11) is 1.32. The molecule has 1 saturated heterocycles. The van der Waals surface area contributed by atoms with E-state index in [4.69, 9.17) is 9.47 Å². The van der Waals surface area contributed by atoms with Gasteiger partial charge in [-0.15, -0.1) is 11.3 Å². The molecule has 1 amide bonds. The average Bonchev–Trinajstić information content (AvgIpc) is 3.35. The van der Waals surface area contributed by atoms with E-state index in [1.165, 1.54) is 12.0 Å². The summed E-state index contributed by atoms with van der Waals surface area (Å²) in [6.45, 7) is 2.43. The zero-order chi connectivity index (χ0) is 19.1. The van der Waals surface area contributed by atoms with Crippen molar-refractivity contribution >= 4 is 28.9 Å². The molecule has 2 aromatic rings. The Labute approximate surface area is 163 Å². The van der Waals surface area contributed by atoms with E-state index >= 15 is 0 Å². The number of nitrogens with one attached hydrogen (secondary N) is 1. The van der Waals surface area contributed by atoms with Crippen molar-refractivity contribution in [2.24, 2.45) is 0 Å². The molecule has 1 aliphatic rings. The van der Waals surface area contributed by atoms with Crippen LogP contribution in [0.4, 0.5) is 5.69 Å². The number of thiophene rings is 1. The van der Waals surface area contributed by atoms with Crippen LogP contribution in [-0.2, 0) is 20.8 Å². The number of benzene rings is 1. The summed E-state index contributed by atoms with van der Waals surface area (Å²) in [5.41, 5.74) is 0.805. The number of ether oxygens (including phenoxy) is 2. The fourth-order valence-corrected chi connectivity index (χ4v) is 3.90. The molecule has 1 N–H and O–H groups in total. The highest BCUT2D eigenvalue weighted by molar-refractivity contribution is 7.09. The summed E-state index contributed by atoms with van der Waals surface area (Å²) < 4.78 is 10.5. The molecule has 0 spiro atoms. The zero-order valence-corrected chi connectivity index (χ0v) is 16.2.